The zero-order chi connectivity index (χ0) is 21.2. The fraction of sp³-hybridized carbons (Fsp3) is 0.731. The van der Waals surface area contributed by atoms with Crippen LogP contribution in [0, 0.1) is 5.92 Å². The van der Waals surface area contributed by atoms with E-state index in [-0.39, 0.29) is 5.91 Å². The molecule has 1 aliphatic carbocycles. The van der Waals surface area contributed by atoms with Gasteiger partial charge in [-0.3, -0.25) is 4.79 Å². The fourth-order valence-electron chi connectivity index (χ4n) is 6.38. The number of nitrogens with one attached hydrogen (secondary N) is 1. The third-order valence-electron chi connectivity index (χ3n) is 8.38. The maximum atomic E-state index is 12.9. The van der Waals surface area contributed by atoms with E-state index >= 15 is 0 Å². The highest BCUT2D eigenvalue weighted by molar-refractivity contribution is 5.98. The fourth-order valence-corrected chi connectivity index (χ4v) is 6.38. The molecule has 31 heavy (non-hydrogen) atoms. The molecule has 0 radical (unpaired) electrons. The van der Waals surface area contributed by atoms with Crippen molar-refractivity contribution in [2.45, 2.75) is 76.0 Å². The standard InChI is InChI=1S/C26H39N3O2/c1-31-24-7-4-19(5-8-24)17-28-13-10-20(11-14-28)21-6-9-25-22(15-21)18-29(26(25)30)23-3-2-12-27-16-23/h6,9,15,19-20,23-24,27H,2-5,7-8,10-14,16-18H2,1H3. The Morgan fingerprint density at radius 2 is 1.87 bits per heavy atom. The van der Waals surface area contributed by atoms with Gasteiger partial charge in [0.25, 0.3) is 5.91 Å². The van der Waals surface area contributed by atoms with Gasteiger partial charge in [0.1, 0.15) is 0 Å². The lowest BCUT2D eigenvalue weighted by Gasteiger charge is -2.36. The second-order valence-electron chi connectivity index (χ2n) is 10.3. The van der Waals surface area contributed by atoms with Crippen LogP contribution in [0.25, 0.3) is 0 Å². The number of carbonyl (C=O) groups excluding carboxylic acids is 1. The van der Waals surface area contributed by atoms with E-state index in [0.717, 1.165) is 37.5 Å². The molecule has 0 aromatic heterocycles. The van der Waals surface area contributed by atoms with Gasteiger partial charge in [-0.05, 0) is 100 Å². The average Bonchev–Trinajstić information content (AvgIpc) is 3.16. The molecule has 3 fully saturated rings. The normalized spacial score (nSPS) is 30.5. The molecule has 3 aliphatic heterocycles. The molecule has 170 valence electrons. The lowest BCUT2D eigenvalue weighted by atomic mass is 9.85. The van der Waals surface area contributed by atoms with Crippen molar-refractivity contribution in [1.29, 1.82) is 0 Å². The van der Waals surface area contributed by atoms with Crippen LogP contribution in [-0.4, -0.2) is 67.7 Å². The highest BCUT2D eigenvalue weighted by Crippen LogP contribution is 2.34. The summed E-state index contributed by atoms with van der Waals surface area (Å²) in [7, 11) is 1.86. The number of benzene rings is 1. The Hall–Kier alpha value is -1.43. The van der Waals surface area contributed by atoms with Crippen LogP contribution in [0.4, 0.5) is 0 Å². The van der Waals surface area contributed by atoms with Gasteiger partial charge in [-0.25, -0.2) is 0 Å². The summed E-state index contributed by atoms with van der Waals surface area (Å²) in [6, 6.07) is 7.07. The number of ether oxygens (including phenoxy) is 1. The van der Waals surface area contributed by atoms with Gasteiger partial charge in [-0.1, -0.05) is 12.1 Å². The number of amides is 1. The van der Waals surface area contributed by atoms with E-state index in [9.17, 15) is 4.79 Å². The van der Waals surface area contributed by atoms with Crippen molar-refractivity contribution in [3.63, 3.8) is 0 Å². The van der Waals surface area contributed by atoms with Crippen molar-refractivity contribution in [2.75, 3.05) is 39.8 Å². The number of nitrogens with zero attached hydrogens (tertiary/aromatic N) is 2. The zero-order valence-electron chi connectivity index (χ0n) is 19.2. The number of hydrogen-bond acceptors (Lipinski definition) is 4. The molecule has 3 heterocycles. The first-order chi connectivity index (χ1) is 15.2. The Bertz CT molecular complexity index is 760. The molecule has 1 unspecified atom stereocenters. The van der Waals surface area contributed by atoms with E-state index in [1.807, 2.05) is 7.11 Å². The number of hydrogen-bond donors (Lipinski definition) is 1. The number of likely N-dealkylation sites (tertiary alicyclic amines) is 1. The van der Waals surface area contributed by atoms with Crippen molar-refractivity contribution < 1.29 is 9.53 Å². The van der Waals surface area contributed by atoms with Crippen molar-refractivity contribution in [1.82, 2.24) is 15.1 Å². The van der Waals surface area contributed by atoms with Crippen LogP contribution in [0.1, 0.15) is 78.8 Å². The summed E-state index contributed by atoms with van der Waals surface area (Å²) in [5.74, 6) is 1.74. The summed E-state index contributed by atoms with van der Waals surface area (Å²) in [5.41, 5.74) is 3.65. The van der Waals surface area contributed by atoms with Gasteiger partial charge in [0.2, 0.25) is 0 Å². The smallest absolute Gasteiger partial charge is 0.254 e. The molecule has 1 N–H and O–H groups in total. The first-order valence-electron chi connectivity index (χ1n) is 12.6. The van der Waals surface area contributed by atoms with Gasteiger partial charge in [0.15, 0.2) is 0 Å². The number of methoxy groups -OCH3 is 1. The molecule has 5 nitrogen and oxygen atoms in total. The Morgan fingerprint density at radius 1 is 1.06 bits per heavy atom. The quantitative estimate of drug-likeness (QED) is 0.780. The Morgan fingerprint density at radius 3 is 2.58 bits per heavy atom. The van der Waals surface area contributed by atoms with E-state index in [0.29, 0.717) is 18.1 Å². The monoisotopic (exact) mass is 425 g/mol. The molecule has 1 amide bonds. The Balaban J connectivity index is 1.15. The maximum Gasteiger partial charge on any atom is 0.254 e. The highest BCUT2D eigenvalue weighted by atomic mass is 16.5. The van der Waals surface area contributed by atoms with Gasteiger partial charge in [0.05, 0.1) is 6.10 Å². The summed E-state index contributed by atoms with van der Waals surface area (Å²) < 4.78 is 5.53. The molecular formula is C26H39N3O2. The third-order valence-corrected chi connectivity index (χ3v) is 8.38. The molecule has 5 heteroatoms. The van der Waals surface area contributed by atoms with Crippen LogP contribution >= 0.6 is 0 Å². The predicted octanol–water partition coefficient (Wildman–Crippen LogP) is 3.78. The molecule has 5 rings (SSSR count). The molecule has 0 bridgehead atoms. The maximum absolute atomic E-state index is 12.9. The topological polar surface area (TPSA) is 44.8 Å². The van der Waals surface area contributed by atoms with Gasteiger partial charge in [-0.2, -0.15) is 0 Å². The SMILES string of the molecule is COC1CCC(CN2CCC(c3ccc4c(c3)CN(C3CCCNC3)C4=O)CC2)CC1. The molecule has 0 spiro atoms. The van der Waals surface area contributed by atoms with E-state index in [1.54, 1.807) is 0 Å². The lowest BCUT2D eigenvalue weighted by molar-refractivity contribution is 0.0476. The highest BCUT2D eigenvalue weighted by Gasteiger charge is 2.34. The van der Waals surface area contributed by atoms with Gasteiger partial charge in [-0.15, -0.1) is 0 Å². The molecule has 1 aromatic rings. The third kappa shape index (κ3) is 4.69. The van der Waals surface area contributed by atoms with Gasteiger partial charge in [0, 0.05) is 38.3 Å². The molecule has 4 aliphatic rings. The zero-order valence-corrected chi connectivity index (χ0v) is 19.2. The minimum atomic E-state index is 0.244. The van der Waals surface area contributed by atoms with Crippen molar-refractivity contribution in [3.8, 4) is 0 Å². The number of carbonyl (C=O) groups is 1. The summed E-state index contributed by atoms with van der Waals surface area (Å²) in [5, 5.41) is 3.46. The van der Waals surface area contributed by atoms with Gasteiger partial charge >= 0.3 is 0 Å². The van der Waals surface area contributed by atoms with E-state index in [2.05, 4.69) is 33.3 Å². The largest absolute Gasteiger partial charge is 0.381 e. The summed E-state index contributed by atoms with van der Waals surface area (Å²) in [4.78, 5) is 17.7. The molecule has 1 aromatic carbocycles. The van der Waals surface area contributed by atoms with Crippen LogP contribution in [0.3, 0.4) is 0 Å². The van der Waals surface area contributed by atoms with E-state index < -0.39 is 0 Å². The van der Waals surface area contributed by atoms with Crippen molar-refractivity contribution in [2.24, 2.45) is 5.92 Å². The van der Waals surface area contributed by atoms with E-state index in [1.165, 1.54) is 75.7 Å². The van der Waals surface area contributed by atoms with Crippen LogP contribution < -0.4 is 5.32 Å². The predicted molar refractivity (Wildman–Crippen MR) is 123 cm³/mol. The summed E-state index contributed by atoms with van der Waals surface area (Å²) in [6.45, 7) is 6.53. The van der Waals surface area contributed by atoms with Crippen molar-refractivity contribution >= 4 is 5.91 Å². The van der Waals surface area contributed by atoms with E-state index in [4.69, 9.17) is 4.74 Å². The Kier molecular flexibility index (Phi) is 6.63. The molecular weight excluding hydrogens is 386 g/mol. The summed E-state index contributed by atoms with van der Waals surface area (Å²) >= 11 is 0. The molecule has 1 atom stereocenters. The lowest BCUT2D eigenvalue weighted by Crippen LogP contribution is -2.46. The average molecular weight is 426 g/mol. The number of fused-ring (bicyclic) bond motifs is 1. The molecule has 2 saturated heterocycles. The molecule has 1 saturated carbocycles. The summed E-state index contributed by atoms with van der Waals surface area (Å²) in [6.07, 6.45) is 10.4. The number of rotatable bonds is 5. The van der Waals surface area contributed by atoms with Crippen LogP contribution in [-0.2, 0) is 11.3 Å². The minimum absolute atomic E-state index is 0.244. The van der Waals surface area contributed by atoms with Crippen molar-refractivity contribution in [3.05, 3.63) is 34.9 Å². The minimum Gasteiger partial charge on any atom is -0.381 e. The number of piperidine rings is 2. The van der Waals surface area contributed by atoms with Crippen LogP contribution in [0.2, 0.25) is 0 Å². The first kappa shape index (κ1) is 21.4. The van der Waals surface area contributed by atoms with Gasteiger partial charge < -0.3 is 19.9 Å². The second-order valence-corrected chi connectivity index (χ2v) is 10.3. The van der Waals surface area contributed by atoms with Crippen LogP contribution in [0.5, 0.6) is 0 Å². The second kappa shape index (κ2) is 9.60. The van der Waals surface area contributed by atoms with Crippen LogP contribution in [0.15, 0.2) is 18.2 Å². The Labute approximate surface area is 187 Å². The first-order valence-corrected chi connectivity index (χ1v) is 12.6.